The molecule has 2 aliphatic rings. The van der Waals surface area contributed by atoms with Crippen molar-refractivity contribution in [2.75, 3.05) is 33.2 Å². The van der Waals surface area contributed by atoms with Gasteiger partial charge in [-0.15, -0.1) is 0 Å². The average molecular weight is 282 g/mol. The largest absolute Gasteiger partial charge is 0.352 e. The molecule has 2 saturated heterocycles. The number of nitrogens with two attached hydrogens (primary N) is 1. The summed E-state index contributed by atoms with van der Waals surface area (Å²) < 4.78 is 0. The van der Waals surface area contributed by atoms with Crippen LogP contribution in [0.4, 0.5) is 4.79 Å². The minimum absolute atomic E-state index is 0.0251. The smallest absolute Gasteiger partial charge is 0.312 e. The summed E-state index contributed by atoms with van der Waals surface area (Å²) in [6.45, 7) is 5.79. The molecule has 20 heavy (non-hydrogen) atoms. The predicted molar refractivity (Wildman–Crippen MR) is 77.2 cm³/mol. The van der Waals surface area contributed by atoms with Crippen LogP contribution in [0.1, 0.15) is 32.6 Å². The molecule has 1 spiro atoms. The first-order chi connectivity index (χ1) is 9.46. The zero-order valence-corrected chi connectivity index (χ0v) is 12.5. The van der Waals surface area contributed by atoms with E-state index < -0.39 is 12.1 Å². The molecule has 0 bridgehead atoms. The summed E-state index contributed by atoms with van der Waals surface area (Å²) in [5.41, 5.74) is 5.44. The van der Waals surface area contributed by atoms with Gasteiger partial charge in [-0.25, -0.2) is 4.79 Å². The van der Waals surface area contributed by atoms with Gasteiger partial charge in [0.05, 0.1) is 0 Å². The lowest BCUT2D eigenvalue weighted by Crippen LogP contribution is -2.50. The number of primary amides is 1. The quantitative estimate of drug-likeness (QED) is 0.782. The Morgan fingerprint density at radius 2 is 2.00 bits per heavy atom. The van der Waals surface area contributed by atoms with Crippen molar-refractivity contribution in [3.8, 4) is 0 Å². The molecule has 2 atom stereocenters. The van der Waals surface area contributed by atoms with Crippen LogP contribution < -0.4 is 11.1 Å². The molecular formula is C14H26N4O2. The minimum Gasteiger partial charge on any atom is -0.352 e. The highest BCUT2D eigenvalue weighted by Crippen LogP contribution is 2.39. The third-order valence-electron chi connectivity index (χ3n) is 4.57. The number of rotatable bonds is 4. The molecule has 2 aliphatic heterocycles. The van der Waals surface area contributed by atoms with Gasteiger partial charge in [-0.05, 0) is 32.9 Å². The molecule has 0 aromatic rings. The van der Waals surface area contributed by atoms with Gasteiger partial charge >= 0.3 is 6.03 Å². The Morgan fingerprint density at radius 3 is 2.55 bits per heavy atom. The fourth-order valence-corrected chi connectivity index (χ4v) is 3.55. The first-order valence-corrected chi connectivity index (χ1v) is 7.49. The van der Waals surface area contributed by atoms with Crippen LogP contribution in [0.5, 0.6) is 0 Å². The number of hydrogen-bond acceptors (Lipinski definition) is 3. The standard InChI is InChI=1S/C14H26N4O2/c1-3-4-11(16-13(15)20)12(19)18-8-6-14(10-18)5-7-17(2)9-14/h11H,3-10H2,1-2H3,(H3,15,16,20)/t11-,14?/m1/s1. The monoisotopic (exact) mass is 282 g/mol. The van der Waals surface area contributed by atoms with E-state index in [-0.39, 0.29) is 11.3 Å². The number of amides is 3. The minimum atomic E-state index is -0.619. The van der Waals surface area contributed by atoms with E-state index in [1.165, 1.54) is 0 Å². The molecule has 3 N–H and O–H groups in total. The summed E-state index contributed by atoms with van der Waals surface area (Å²) in [6, 6.07) is -1.09. The van der Waals surface area contributed by atoms with Crippen molar-refractivity contribution >= 4 is 11.9 Å². The summed E-state index contributed by atoms with van der Waals surface area (Å²) in [4.78, 5) is 27.8. The zero-order chi connectivity index (χ0) is 14.8. The molecule has 0 aliphatic carbocycles. The zero-order valence-electron chi connectivity index (χ0n) is 12.5. The molecule has 6 nitrogen and oxygen atoms in total. The summed E-state index contributed by atoms with van der Waals surface area (Å²) in [5, 5.41) is 2.58. The van der Waals surface area contributed by atoms with Gasteiger partial charge in [-0.2, -0.15) is 0 Å². The molecule has 2 rings (SSSR count). The molecule has 0 saturated carbocycles. The number of nitrogens with zero attached hydrogens (tertiary/aromatic N) is 2. The van der Waals surface area contributed by atoms with E-state index >= 15 is 0 Å². The number of likely N-dealkylation sites (tertiary alicyclic amines) is 2. The molecule has 2 fully saturated rings. The molecule has 0 aromatic carbocycles. The molecule has 0 aromatic heterocycles. The van der Waals surface area contributed by atoms with Crippen LogP contribution in [0, 0.1) is 5.41 Å². The lowest BCUT2D eigenvalue weighted by molar-refractivity contribution is -0.132. The Kier molecular flexibility index (Phi) is 4.52. The first-order valence-electron chi connectivity index (χ1n) is 7.49. The van der Waals surface area contributed by atoms with E-state index in [0.29, 0.717) is 6.42 Å². The topological polar surface area (TPSA) is 78.7 Å². The lowest BCUT2D eigenvalue weighted by Gasteiger charge is -2.26. The second-order valence-corrected chi connectivity index (χ2v) is 6.35. The van der Waals surface area contributed by atoms with Gasteiger partial charge in [0.25, 0.3) is 0 Å². The normalized spacial score (nSPS) is 28.0. The van der Waals surface area contributed by atoms with Crippen molar-refractivity contribution in [1.29, 1.82) is 0 Å². The summed E-state index contributed by atoms with van der Waals surface area (Å²) in [6.07, 6.45) is 3.72. The number of urea groups is 1. The molecule has 1 unspecified atom stereocenters. The van der Waals surface area contributed by atoms with E-state index in [1.54, 1.807) is 0 Å². The Hall–Kier alpha value is -1.30. The van der Waals surface area contributed by atoms with Gasteiger partial charge in [-0.1, -0.05) is 13.3 Å². The van der Waals surface area contributed by atoms with Crippen LogP contribution >= 0.6 is 0 Å². The second-order valence-electron chi connectivity index (χ2n) is 6.35. The fourth-order valence-electron chi connectivity index (χ4n) is 3.55. The Balaban J connectivity index is 1.97. The third-order valence-corrected chi connectivity index (χ3v) is 4.57. The second kappa shape index (κ2) is 5.99. The molecule has 6 heteroatoms. The highest BCUT2D eigenvalue weighted by atomic mass is 16.2. The number of hydrogen-bond donors (Lipinski definition) is 2. The van der Waals surface area contributed by atoms with Crippen molar-refractivity contribution < 1.29 is 9.59 Å². The molecule has 114 valence electrons. The third kappa shape index (κ3) is 3.23. The van der Waals surface area contributed by atoms with Crippen LogP contribution in [0.3, 0.4) is 0 Å². The van der Waals surface area contributed by atoms with Crippen LogP contribution in [-0.2, 0) is 4.79 Å². The molecule has 2 heterocycles. The van der Waals surface area contributed by atoms with Crippen molar-refractivity contribution in [3.05, 3.63) is 0 Å². The van der Waals surface area contributed by atoms with E-state index in [9.17, 15) is 9.59 Å². The van der Waals surface area contributed by atoms with Crippen molar-refractivity contribution in [2.24, 2.45) is 11.1 Å². The summed E-state index contributed by atoms with van der Waals surface area (Å²) in [5.74, 6) is 0.0251. The van der Waals surface area contributed by atoms with Crippen LogP contribution in [-0.4, -0.2) is 61.0 Å². The fraction of sp³-hybridized carbons (Fsp3) is 0.857. The SMILES string of the molecule is CCC[C@@H](NC(N)=O)C(=O)N1CCC2(CCN(C)C2)C1. The van der Waals surface area contributed by atoms with Gasteiger partial charge in [0.2, 0.25) is 5.91 Å². The van der Waals surface area contributed by atoms with Crippen molar-refractivity contribution in [2.45, 2.75) is 38.6 Å². The van der Waals surface area contributed by atoms with Gasteiger partial charge in [0.1, 0.15) is 6.04 Å². The van der Waals surface area contributed by atoms with E-state index in [4.69, 9.17) is 5.73 Å². The number of nitrogens with one attached hydrogen (secondary N) is 1. The van der Waals surface area contributed by atoms with Crippen LogP contribution in [0.15, 0.2) is 0 Å². The maximum Gasteiger partial charge on any atom is 0.312 e. The Labute approximate surface area is 120 Å². The number of carbonyl (C=O) groups excluding carboxylic acids is 2. The van der Waals surface area contributed by atoms with Gasteiger partial charge in [-0.3, -0.25) is 4.79 Å². The summed E-state index contributed by atoms with van der Waals surface area (Å²) >= 11 is 0. The Morgan fingerprint density at radius 1 is 1.30 bits per heavy atom. The maximum absolute atomic E-state index is 12.5. The van der Waals surface area contributed by atoms with Crippen molar-refractivity contribution in [1.82, 2.24) is 15.1 Å². The highest BCUT2D eigenvalue weighted by Gasteiger charge is 2.44. The maximum atomic E-state index is 12.5. The predicted octanol–water partition coefficient (Wildman–Crippen LogP) is 0.378. The first kappa shape index (κ1) is 15.1. The lowest BCUT2D eigenvalue weighted by atomic mass is 9.86. The van der Waals surface area contributed by atoms with E-state index in [2.05, 4.69) is 17.3 Å². The van der Waals surface area contributed by atoms with Crippen LogP contribution in [0.2, 0.25) is 0 Å². The van der Waals surface area contributed by atoms with Gasteiger partial charge in [0, 0.05) is 25.0 Å². The van der Waals surface area contributed by atoms with Gasteiger partial charge < -0.3 is 20.9 Å². The van der Waals surface area contributed by atoms with Gasteiger partial charge in [0.15, 0.2) is 0 Å². The molecular weight excluding hydrogens is 256 g/mol. The highest BCUT2D eigenvalue weighted by molar-refractivity contribution is 5.86. The van der Waals surface area contributed by atoms with E-state index in [1.807, 2.05) is 11.8 Å². The Bertz CT molecular complexity index is 387. The molecule has 3 amide bonds. The number of carbonyl (C=O) groups is 2. The average Bonchev–Trinajstić information content (AvgIpc) is 2.95. The van der Waals surface area contributed by atoms with E-state index in [0.717, 1.165) is 45.4 Å². The molecule has 0 radical (unpaired) electrons. The van der Waals surface area contributed by atoms with Crippen LogP contribution in [0.25, 0.3) is 0 Å². The van der Waals surface area contributed by atoms with Crippen molar-refractivity contribution in [3.63, 3.8) is 0 Å². The summed E-state index contributed by atoms with van der Waals surface area (Å²) in [7, 11) is 2.13.